The minimum atomic E-state index is -1.93. The second-order valence-corrected chi connectivity index (χ2v) is 6.01. The second-order valence-electron chi connectivity index (χ2n) is 6.01. The molecule has 4 nitrogen and oxygen atoms in total. The zero-order valence-corrected chi connectivity index (χ0v) is 13.5. The maximum absolute atomic E-state index is 14.2. The lowest BCUT2D eigenvalue weighted by Crippen LogP contribution is -2.42. The van der Waals surface area contributed by atoms with Gasteiger partial charge in [0.25, 0.3) is 5.91 Å². The predicted octanol–water partition coefficient (Wildman–Crippen LogP) is 2.75. The van der Waals surface area contributed by atoms with Gasteiger partial charge in [0.1, 0.15) is 11.9 Å². The van der Waals surface area contributed by atoms with Gasteiger partial charge in [-0.05, 0) is 29.7 Å². The van der Waals surface area contributed by atoms with Crippen molar-refractivity contribution in [2.24, 2.45) is 0 Å². The molecule has 0 aliphatic carbocycles. The highest BCUT2D eigenvalue weighted by atomic mass is 19.1. The summed E-state index contributed by atoms with van der Waals surface area (Å²) in [5, 5.41) is 2.46. The maximum Gasteiger partial charge on any atom is 0.259 e. The smallest absolute Gasteiger partial charge is 0.259 e. The fourth-order valence-electron chi connectivity index (χ4n) is 2.86. The highest BCUT2D eigenvalue weighted by molar-refractivity contribution is 5.91. The molecular weight excluding hydrogens is 326 g/mol. The van der Waals surface area contributed by atoms with Crippen LogP contribution in [-0.4, -0.2) is 29.3 Å². The van der Waals surface area contributed by atoms with E-state index in [0.717, 1.165) is 17.7 Å². The van der Waals surface area contributed by atoms with Crippen LogP contribution in [0.2, 0.25) is 0 Å². The molecule has 3 rings (SSSR count). The van der Waals surface area contributed by atoms with Crippen LogP contribution in [0.5, 0.6) is 0 Å². The summed E-state index contributed by atoms with van der Waals surface area (Å²) >= 11 is 0. The van der Waals surface area contributed by atoms with E-state index in [1.54, 1.807) is 4.90 Å². The van der Waals surface area contributed by atoms with E-state index in [4.69, 9.17) is 0 Å². The van der Waals surface area contributed by atoms with Gasteiger partial charge in [-0.2, -0.15) is 0 Å². The quantitative estimate of drug-likeness (QED) is 0.907. The van der Waals surface area contributed by atoms with Crippen LogP contribution in [0.25, 0.3) is 0 Å². The summed E-state index contributed by atoms with van der Waals surface area (Å²) < 4.78 is 27.1. The molecule has 2 aromatic rings. The number of benzene rings is 2. The molecule has 0 spiro atoms. The lowest BCUT2D eigenvalue weighted by molar-refractivity contribution is -0.134. The number of likely N-dealkylation sites (tertiary alicyclic amines) is 1. The minimum absolute atomic E-state index is 0.0606. The Morgan fingerprint density at radius 1 is 1.16 bits per heavy atom. The van der Waals surface area contributed by atoms with Crippen molar-refractivity contribution in [2.45, 2.75) is 25.2 Å². The number of halogens is 2. The first kappa shape index (κ1) is 17.1. The summed E-state index contributed by atoms with van der Waals surface area (Å²) in [5.41, 5.74) is 1.06. The Morgan fingerprint density at radius 3 is 2.52 bits per heavy atom. The number of hydrogen-bond acceptors (Lipinski definition) is 2. The van der Waals surface area contributed by atoms with Gasteiger partial charge in [-0.3, -0.25) is 9.59 Å². The van der Waals surface area contributed by atoms with E-state index in [1.165, 1.54) is 12.1 Å². The van der Waals surface area contributed by atoms with E-state index < -0.39 is 23.9 Å². The highest BCUT2D eigenvalue weighted by Gasteiger charge is 2.34. The minimum Gasteiger partial charge on any atom is -0.341 e. The summed E-state index contributed by atoms with van der Waals surface area (Å²) in [4.78, 5) is 26.1. The molecule has 2 aromatic carbocycles. The van der Waals surface area contributed by atoms with Crippen molar-refractivity contribution in [3.63, 3.8) is 0 Å². The number of alkyl halides is 1. The molecule has 0 bridgehead atoms. The first-order chi connectivity index (χ1) is 12.0. The molecule has 6 heteroatoms. The van der Waals surface area contributed by atoms with Gasteiger partial charge in [-0.1, -0.05) is 42.5 Å². The number of amides is 2. The van der Waals surface area contributed by atoms with Crippen molar-refractivity contribution in [1.29, 1.82) is 0 Å². The van der Waals surface area contributed by atoms with E-state index >= 15 is 0 Å². The van der Waals surface area contributed by atoms with Gasteiger partial charge >= 0.3 is 0 Å². The zero-order chi connectivity index (χ0) is 17.8. The molecule has 1 saturated heterocycles. The van der Waals surface area contributed by atoms with Crippen LogP contribution in [0.4, 0.5) is 8.78 Å². The normalized spacial score (nSPS) is 18.2. The number of carbonyl (C=O) groups excluding carboxylic acids is 2. The first-order valence-corrected chi connectivity index (χ1v) is 8.07. The van der Waals surface area contributed by atoms with E-state index in [-0.39, 0.29) is 11.5 Å². The maximum atomic E-state index is 14.2. The molecule has 1 aliphatic rings. The van der Waals surface area contributed by atoms with Crippen LogP contribution < -0.4 is 5.32 Å². The fourth-order valence-corrected chi connectivity index (χ4v) is 2.86. The first-order valence-electron chi connectivity index (χ1n) is 8.07. The van der Waals surface area contributed by atoms with Crippen LogP contribution in [-0.2, 0) is 16.1 Å². The molecule has 1 N–H and O–H groups in total. The van der Waals surface area contributed by atoms with Crippen LogP contribution in [0.15, 0.2) is 54.6 Å². The third kappa shape index (κ3) is 4.02. The molecule has 1 fully saturated rings. The van der Waals surface area contributed by atoms with Gasteiger partial charge in [0.05, 0.1) is 0 Å². The number of hydrogen-bond donors (Lipinski definition) is 1. The van der Waals surface area contributed by atoms with Gasteiger partial charge in [0.2, 0.25) is 12.1 Å². The molecule has 0 saturated carbocycles. The van der Waals surface area contributed by atoms with E-state index in [2.05, 4.69) is 5.32 Å². The molecule has 25 heavy (non-hydrogen) atoms. The summed E-state index contributed by atoms with van der Waals surface area (Å²) in [6.45, 7) is 0.967. The predicted molar refractivity (Wildman–Crippen MR) is 88.7 cm³/mol. The molecule has 2 amide bonds. The van der Waals surface area contributed by atoms with Crippen LogP contribution >= 0.6 is 0 Å². The van der Waals surface area contributed by atoms with E-state index in [1.807, 2.05) is 30.3 Å². The van der Waals surface area contributed by atoms with Gasteiger partial charge < -0.3 is 10.2 Å². The average Bonchev–Trinajstić information content (AvgIpc) is 2.96. The van der Waals surface area contributed by atoms with Crippen molar-refractivity contribution < 1.29 is 18.4 Å². The SMILES string of the molecule is O=C(NC1CCN(Cc2ccccc2)C1=O)C(F)c1ccc(F)cc1. The van der Waals surface area contributed by atoms with Gasteiger partial charge in [-0.15, -0.1) is 0 Å². The van der Waals surface area contributed by atoms with Crippen molar-refractivity contribution in [2.75, 3.05) is 6.54 Å². The summed E-state index contributed by atoms with van der Waals surface area (Å²) in [7, 11) is 0. The molecule has 2 unspecified atom stereocenters. The number of nitrogens with one attached hydrogen (secondary N) is 1. The lowest BCUT2D eigenvalue weighted by atomic mass is 10.1. The molecule has 1 aliphatic heterocycles. The number of nitrogens with zero attached hydrogens (tertiary/aromatic N) is 1. The third-order valence-corrected chi connectivity index (χ3v) is 4.22. The standard InChI is InChI=1S/C19H18F2N2O2/c20-15-8-6-14(7-9-15)17(21)18(24)22-16-10-11-23(19(16)25)12-13-4-2-1-3-5-13/h1-9,16-17H,10-12H2,(H,22,24). The van der Waals surface area contributed by atoms with E-state index in [9.17, 15) is 18.4 Å². The summed E-state index contributed by atoms with van der Waals surface area (Å²) in [6, 6.07) is 13.4. The Labute approximate surface area is 144 Å². The molecule has 1 heterocycles. The van der Waals surface area contributed by atoms with Crippen molar-refractivity contribution in [1.82, 2.24) is 10.2 Å². The third-order valence-electron chi connectivity index (χ3n) is 4.22. The zero-order valence-electron chi connectivity index (χ0n) is 13.5. The monoisotopic (exact) mass is 344 g/mol. The average molecular weight is 344 g/mol. The van der Waals surface area contributed by atoms with Gasteiger partial charge in [-0.25, -0.2) is 8.78 Å². The lowest BCUT2D eigenvalue weighted by Gasteiger charge is -2.18. The number of carbonyl (C=O) groups is 2. The molecule has 0 aromatic heterocycles. The van der Waals surface area contributed by atoms with Gasteiger partial charge in [0.15, 0.2) is 0 Å². The van der Waals surface area contributed by atoms with E-state index in [0.29, 0.717) is 19.5 Å². The van der Waals surface area contributed by atoms with Crippen molar-refractivity contribution in [3.8, 4) is 0 Å². The topological polar surface area (TPSA) is 49.4 Å². The van der Waals surface area contributed by atoms with Crippen LogP contribution in [0.1, 0.15) is 23.7 Å². The summed E-state index contributed by atoms with van der Waals surface area (Å²) in [6.07, 6.45) is -1.50. The fraction of sp³-hybridized carbons (Fsp3) is 0.263. The molecule has 130 valence electrons. The summed E-state index contributed by atoms with van der Waals surface area (Å²) in [5.74, 6) is -1.60. The number of rotatable bonds is 5. The van der Waals surface area contributed by atoms with Crippen molar-refractivity contribution >= 4 is 11.8 Å². The van der Waals surface area contributed by atoms with Gasteiger partial charge in [0, 0.05) is 13.1 Å². The Bertz CT molecular complexity index is 750. The molecule has 0 radical (unpaired) electrons. The van der Waals surface area contributed by atoms with Crippen LogP contribution in [0.3, 0.4) is 0 Å². The molecular formula is C19H18F2N2O2. The van der Waals surface area contributed by atoms with Crippen LogP contribution in [0, 0.1) is 5.82 Å². The molecule has 2 atom stereocenters. The Hall–Kier alpha value is -2.76. The Morgan fingerprint density at radius 2 is 1.84 bits per heavy atom. The Balaban J connectivity index is 1.58. The largest absolute Gasteiger partial charge is 0.341 e. The highest BCUT2D eigenvalue weighted by Crippen LogP contribution is 2.20. The van der Waals surface area contributed by atoms with Crippen molar-refractivity contribution in [3.05, 3.63) is 71.5 Å². The Kier molecular flexibility index (Phi) is 5.07. The second kappa shape index (κ2) is 7.42.